The van der Waals surface area contributed by atoms with Crippen LogP contribution in [0, 0.1) is 19.7 Å². The van der Waals surface area contributed by atoms with E-state index in [1.54, 1.807) is 37.3 Å². The first-order chi connectivity index (χ1) is 14.6. The van der Waals surface area contributed by atoms with Gasteiger partial charge in [-0.15, -0.1) is 0 Å². The van der Waals surface area contributed by atoms with Crippen molar-refractivity contribution in [3.8, 4) is 0 Å². The van der Waals surface area contributed by atoms with Crippen LogP contribution in [0.4, 0.5) is 23.2 Å². The lowest BCUT2D eigenvalue weighted by Gasteiger charge is -2.37. The van der Waals surface area contributed by atoms with Crippen molar-refractivity contribution in [2.24, 2.45) is 0 Å². The Balaban J connectivity index is 0.00000166. The first kappa shape index (κ1) is 24.6. The Labute approximate surface area is 178 Å². The van der Waals surface area contributed by atoms with Gasteiger partial charge in [-0.3, -0.25) is 4.98 Å². The first-order valence-corrected chi connectivity index (χ1v) is 9.86. The minimum atomic E-state index is -5.15. The van der Waals surface area contributed by atoms with Gasteiger partial charge in [-0.05, 0) is 55.3 Å². The molecule has 3 rings (SSSR count). The fourth-order valence-electron chi connectivity index (χ4n) is 3.21. The third kappa shape index (κ3) is 4.97. The third-order valence-electron chi connectivity index (χ3n) is 4.90. The summed E-state index contributed by atoms with van der Waals surface area (Å²) in [5.41, 5.74) is -1.82. The molecule has 3 aromatic rings. The molecule has 4 nitrogen and oxygen atoms in total. The van der Waals surface area contributed by atoms with Gasteiger partial charge in [-0.2, -0.15) is 13.2 Å². The third-order valence-corrected chi connectivity index (χ3v) is 4.90. The largest absolute Gasteiger partial charge is 0.421 e. The molecule has 0 bridgehead atoms. The fourth-order valence-corrected chi connectivity index (χ4v) is 3.21. The molecule has 1 aromatic heterocycles. The number of fused-ring (bicyclic) bond motifs is 1. The normalized spacial score (nSPS) is 14.4. The van der Waals surface area contributed by atoms with Crippen LogP contribution >= 0.6 is 0 Å². The Morgan fingerprint density at radius 1 is 1.03 bits per heavy atom. The van der Waals surface area contributed by atoms with Crippen LogP contribution < -0.4 is 5.32 Å². The molecule has 0 spiro atoms. The zero-order valence-corrected chi connectivity index (χ0v) is 17.8. The van der Waals surface area contributed by atoms with Gasteiger partial charge in [0.15, 0.2) is 0 Å². The summed E-state index contributed by atoms with van der Waals surface area (Å²) < 4.78 is 54.9. The maximum atomic E-state index is 13.8. The van der Waals surface area contributed by atoms with Gasteiger partial charge in [-0.1, -0.05) is 32.0 Å². The highest BCUT2D eigenvalue weighted by molar-refractivity contribution is 5.91. The first-order valence-electron chi connectivity index (χ1n) is 9.86. The van der Waals surface area contributed by atoms with Gasteiger partial charge in [0.05, 0.1) is 18.2 Å². The number of nitrogens with zero attached hydrogens (tertiary/aromatic N) is 1. The van der Waals surface area contributed by atoms with Gasteiger partial charge in [0.1, 0.15) is 5.82 Å². The standard InChI is InChI=1S/C21H20F4N2O2.C2H6/c1-12-10-14(7-9-16(12)22)19(20(29,11-28)21(23,24)25)27-18-5-3-4-17-15(18)8-6-13(2)26-17;1-2/h3-10,19,27-29H,11H2,1-2H3;1-2H3. The van der Waals surface area contributed by atoms with Crippen molar-refractivity contribution in [2.75, 3.05) is 11.9 Å². The molecule has 0 amide bonds. The van der Waals surface area contributed by atoms with Crippen LogP contribution in [0.1, 0.15) is 36.7 Å². The minimum Gasteiger partial charge on any atom is -0.393 e. The predicted molar refractivity (Wildman–Crippen MR) is 113 cm³/mol. The summed E-state index contributed by atoms with van der Waals surface area (Å²) in [5, 5.41) is 23.2. The fraction of sp³-hybridized carbons (Fsp3) is 0.348. The number of halogens is 4. The molecule has 1 heterocycles. The average molecular weight is 438 g/mol. The topological polar surface area (TPSA) is 65.4 Å². The zero-order valence-electron chi connectivity index (χ0n) is 17.8. The van der Waals surface area contributed by atoms with Crippen molar-refractivity contribution in [1.29, 1.82) is 0 Å². The molecule has 0 aliphatic rings. The second kappa shape index (κ2) is 9.62. The van der Waals surface area contributed by atoms with E-state index in [1.165, 1.54) is 13.0 Å². The van der Waals surface area contributed by atoms with Crippen LogP contribution in [0.5, 0.6) is 0 Å². The number of anilines is 1. The van der Waals surface area contributed by atoms with Crippen LogP contribution in [0.25, 0.3) is 10.9 Å². The Bertz CT molecular complexity index is 1040. The van der Waals surface area contributed by atoms with E-state index in [4.69, 9.17) is 0 Å². The molecular weight excluding hydrogens is 412 g/mol. The van der Waals surface area contributed by atoms with Gasteiger partial charge in [0, 0.05) is 16.8 Å². The number of nitrogens with one attached hydrogen (secondary N) is 1. The molecule has 31 heavy (non-hydrogen) atoms. The van der Waals surface area contributed by atoms with Crippen LogP contribution in [-0.4, -0.2) is 33.6 Å². The predicted octanol–water partition coefficient (Wildman–Crippen LogP) is 5.46. The average Bonchev–Trinajstić information content (AvgIpc) is 2.74. The van der Waals surface area contributed by atoms with Crippen LogP contribution in [0.3, 0.4) is 0 Å². The van der Waals surface area contributed by atoms with Crippen molar-refractivity contribution in [2.45, 2.75) is 45.5 Å². The number of pyridine rings is 1. The van der Waals surface area contributed by atoms with E-state index in [-0.39, 0.29) is 16.8 Å². The van der Waals surface area contributed by atoms with Gasteiger partial charge in [0.2, 0.25) is 5.60 Å². The van der Waals surface area contributed by atoms with Crippen molar-refractivity contribution < 1.29 is 27.8 Å². The summed E-state index contributed by atoms with van der Waals surface area (Å²) in [6, 6.07) is 9.91. The van der Waals surface area contributed by atoms with Crippen LogP contribution in [0.15, 0.2) is 48.5 Å². The number of alkyl halides is 3. The Kier molecular flexibility index (Phi) is 7.62. The lowest BCUT2D eigenvalue weighted by Crippen LogP contribution is -2.55. The summed E-state index contributed by atoms with van der Waals surface area (Å²) in [4.78, 5) is 4.35. The maximum Gasteiger partial charge on any atom is 0.421 e. The summed E-state index contributed by atoms with van der Waals surface area (Å²) in [7, 11) is 0. The number of hydrogen-bond donors (Lipinski definition) is 3. The number of aromatic nitrogens is 1. The molecule has 0 aliphatic carbocycles. The number of rotatable bonds is 5. The number of aliphatic hydroxyl groups is 2. The second-order valence-electron chi connectivity index (χ2n) is 6.99. The summed E-state index contributed by atoms with van der Waals surface area (Å²) in [6.45, 7) is 5.62. The van der Waals surface area contributed by atoms with E-state index in [0.29, 0.717) is 10.9 Å². The van der Waals surface area contributed by atoms with E-state index in [9.17, 15) is 27.8 Å². The smallest absolute Gasteiger partial charge is 0.393 e. The number of aliphatic hydroxyl groups excluding tert-OH is 1. The molecule has 0 saturated heterocycles. The molecule has 0 radical (unpaired) electrons. The Morgan fingerprint density at radius 2 is 1.71 bits per heavy atom. The molecule has 0 saturated carbocycles. The van der Waals surface area contributed by atoms with Crippen molar-refractivity contribution >= 4 is 16.6 Å². The zero-order chi connectivity index (χ0) is 23.4. The van der Waals surface area contributed by atoms with Gasteiger partial charge in [0.25, 0.3) is 0 Å². The molecule has 3 N–H and O–H groups in total. The molecule has 168 valence electrons. The Hall–Kier alpha value is -2.71. The van der Waals surface area contributed by atoms with E-state index in [1.807, 2.05) is 13.8 Å². The van der Waals surface area contributed by atoms with Crippen LogP contribution in [-0.2, 0) is 0 Å². The van der Waals surface area contributed by atoms with E-state index < -0.39 is 30.2 Å². The molecule has 0 aliphatic heterocycles. The van der Waals surface area contributed by atoms with Crippen molar-refractivity contribution in [3.63, 3.8) is 0 Å². The number of aryl methyl sites for hydroxylation is 2. The molecule has 2 atom stereocenters. The van der Waals surface area contributed by atoms with Gasteiger partial charge in [-0.25, -0.2) is 4.39 Å². The number of hydrogen-bond acceptors (Lipinski definition) is 4. The molecule has 2 unspecified atom stereocenters. The van der Waals surface area contributed by atoms with E-state index in [0.717, 1.165) is 17.8 Å². The quantitative estimate of drug-likeness (QED) is 0.463. The number of benzene rings is 2. The maximum absolute atomic E-state index is 13.8. The van der Waals surface area contributed by atoms with E-state index >= 15 is 0 Å². The second-order valence-corrected chi connectivity index (χ2v) is 6.99. The van der Waals surface area contributed by atoms with Gasteiger partial charge >= 0.3 is 6.18 Å². The highest BCUT2D eigenvalue weighted by Crippen LogP contribution is 2.42. The SMILES string of the molecule is CC.Cc1ccc2c(NC(c3ccc(F)c(C)c3)C(O)(CO)C(F)(F)F)cccc2n1. The lowest BCUT2D eigenvalue weighted by molar-refractivity contribution is -0.277. The minimum absolute atomic E-state index is 0.0187. The molecular formula is C23H26F4N2O2. The lowest BCUT2D eigenvalue weighted by atomic mass is 9.87. The summed E-state index contributed by atoms with van der Waals surface area (Å²) >= 11 is 0. The van der Waals surface area contributed by atoms with Crippen LogP contribution in [0.2, 0.25) is 0 Å². The molecule has 2 aromatic carbocycles. The van der Waals surface area contributed by atoms with Crippen molar-refractivity contribution in [1.82, 2.24) is 4.98 Å². The summed E-state index contributed by atoms with van der Waals surface area (Å²) in [5.74, 6) is -0.586. The van der Waals surface area contributed by atoms with Crippen molar-refractivity contribution in [3.05, 3.63) is 71.2 Å². The molecule has 0 fully saturated rings. The molecule has 8 heteroatoms. The van der Waals surface area contributed by atoms with Gasteiger partial charge < -0.3 is 15.5 Å². The summed E-state index contributed by atoms with van der Waals surface area (Å²) in [6.07, 6.45) is -5.15. The monoisotopic (exact) mass is 438 g/mol. The highest BCUT2D eigenvalue weighted by Gasteiger charge is 2.59. The van der Waals surface area contributed by atoms with E-state index in [2.05, 4.69) is 10.3 Å². The highest BCUT2D eigenvalue weighted by atomic mass is 19.4. The Morgan fingerprint density at radius 3 is 2.29 bits per heavy atom.